The second-order valence-corrected chi connectivity index (χ2v) is 16.2. The van der Waals surface area contributed by atoms with Crippen LogP contribution in [-0.4, -0.2) is 34.9 Å². The van der Waals surface area contributed by atoms with Crippen LogP contribution >= 0.6 is 0 Å². The average Bonchev–Trinajstić information content (AvgIpc) is 3.13. The Morgan fingerprint density at radius 1 is 0.451 bits per heavy atom. The smallest absolute Gasteiger partial charge is 0.220 e. The quantitative estimate of drug-likeness (QED) is 0.0434. The number of allylic oxidation sites excluding steroid dienone is 2. The molecule has 0 saturated heterocycles. The maximum absolute atomic E-state index is 12.4. The Morgan fingerprint density at radius 3 is 1.08 bits per heavy atom. The first-order valence-corrected chi connectivity index (χ1v) is 23.4. The van der Waals surface area contributed by atoms with Crippen molar-refractivity contribution < 1.29 is 15.0 Å². The zero-order chi connectivity index (χ0) is 37.1. The lowest BCUT2D eigenvalue weighted by atomic mass is 10.0. The summed E-state index contributed by atoms with van der Waals surface area (Å²) >= 11 is 0. The number of unbranched alkanes of at least 4 members (excludes halogenated alkanes) is 34. The molecular formula is C47H93NO3. The van der Waals surface area contributed by atoms with E-state index in [9.17, 15) is 15.0 Å². The number of amides is 1. The Hall–Kier alpha value is -0.870. The fraction of sp³-hybridized carbons (Fsp3) is 0.936. The summed E-state index contributed by atoms with van der Waals surface area (Å²) in [6.45, 7) is 4.38. The fourth-order valence-electron chi connectivity index (χ4n) is 7.42. The van der Waals surface area contributed by atoms with Crippen molar-refractivity contribution in [1.29, 1.82) is 0 Å². The van der Waals surface area contributed by atoms with Crippen LogP contribution in [0.15, 0.2) is 12.2 Å². The highest BCUT2D eigenvalue weighted by atomic mass is 16.3. The third-order valence-electron chi connectivity index (χ3n) is 11.0. The lowest BCUT2D eigenvalue weighted by Crippen LogP contribution is -2.45. The molecule has 0 aromatic heterocycles. The third-order valence-corrected chi connectivity index (χ3v) is 11.0. The summed E-state index contributed by atoms with van der Waals surface area (Å²) in [7, 11) is 0. The first kappa shape index (κ1) is 50.1. The fourth-order valence-corrected chi connectivity index (χ4v) is 7.42. The van der Waals surface area contributed by atoms with Crippen LogP contribution in [0.1, 0.15) is 264 Å². The van der Waals surface area contributed by atoms with Crippen molar-refractivity contribution >= 4 is 5.91 Å². The number of aliphatic hydroxyl groups excluding tert-OH is 2. The summed E-state index contributed by atoms with van der Waals surface area (Å²) in [5.41, 5.74) is 0. The molecule has 0 heterocycles. The normalized spacial score (nSPS) is 12.9. The third kappa shape index (κ3) is 40.2. The van der Waals surface area contributed by atoms with Gasteiger partial charge in [-0.1, -0.05) is 231 Å². The number of hydrogen-bond donors (Lipinski definition) is 3. The number of hydrogen-bond acceptors (Lipinski definition) is 3. The highest BCUT2D eigenvalue weighted by molar-refractivity contribution is 5.76. The molecule has 0 aliphatic heterocycles. The zero-order valence-electron chi connectivity index (χ0n) is 34.9. The molecule has 0 rings (SSSR count). The van der Waals surface area contributed by atoms with Crippen molar-refractivity contribution in [1.82, 2.24) is 5.32 Å². The predicted octanol–water partition coefficient (Wildman–Crippen LogP) is 14.6. The molecule has 0 saturated carbocycles. The SMILES string of the molecule is CCCCCCCCCCCC/C=C\CCCCCCCCCC(=O)NC(CO)C(O)CCCCCCCCCCCCCCCCCCCC. The van der Waals surface area contributed by atoms with Crippen LogP contribution in [0.4, 0.5) is 0 Å². The van der Waals surface area contributed by atoms with E-state index in [0.29, 0.717) is 12.8 Å². The van der Waals surface area contributed by atoms with Gasteiger partial charge in [-0.2, -0.15) is 0 Å². The van der Waals surface area contributed by atoms with Gasteiger partial charge >= 0.3 is 0 Å². The van der Waals surface area contributed by atoms with E-state index < -0.39 is 12.1 Å². The van der Waals surface area contributed by atoms with Gasteiger partial charge in [0.05, 0.1) is 18.8 Å². The van der Waals surface area contributed by atoms with E-state index in [0.717, 1.165) is 25.7 Å². The number of rotatable bonds is 43. The molecular weight excluding hydrogens is 627 g/mol. The van der Waals surface area contributed by atoms with Crippen molar-refractivity contribution in [2.24, 2.45) is 0 Å². The van der Waals surface area contributed by atoms with E-state index >= 15 is 0 Å². The van der Waals surface area contributed by atoms with Crippen molar-refractivity contribution in [3.8, 4) is 0 Å². The molecule has 304 valence electrons. The predicted molar refractivity (Wildman–Crippen MR) is 226 cm³/mol. The Kier molecular flexibility index (Phi) is 42.8. The van der Waals surface area contributed by atoms with E-state index in [4.69, 9.17) is 0 Å². The summed E-state index contributed by atoms with van der Waals surface area (Å²) in [5, 5.41) is 23.2. The highest BCUT2D eigenvalue weighted by Gasteiger charge is 2.20. The van der Waals surface area contributed by atoms with Crippen LogP contribution in [0.5, 0.6) is 0 Å². The first-order valence-electron chi connectivity index (χ1n) is 23.4. The number of aliphatic hydroxyl groups is 2. The van der Waals surface area contributed by atoms with Gasteiger partial charge in [-0.3, -0.25) is 4.79 Å². The molecule has 3 N–H and O–H groups in total. The van der Waals surface area contributed by atoms with Gasteiger partial charge in [-0.25, -0.2) is 0 Å². The maximum atomic E-state index is 12.4. The summed E-state index contributed by atoms with van der Waals surface area (Å²) in [6, 6.07) is -0.535. The van der Waals surface area contributed by atoms with Crippen LogP contribution in [0, 0.1) is 0 Å². The molecule has 0 bridgehead atoms. The molecule has 0 aliphatic carbocycles. The monoisotopic (exact) mass is 720 g/mol. The average molecular weight is 720 g/mol. The molecule has 0 spiro atoms. The van der Waals surface area contributed by atoms with Gasteiger partial charge in [0.25, 0.3) is 0 Å². The molecule has 0 aromatic carbocycles. The number of nitrogens with one attached hydrogen (secondary N) is 1. The lowest BCUT2D eigenvalue weighted by Gasteiger charge is -2.22. The summed E-state index contributed by atoms with van der Waals surface area (Å²) in [6.07, 6.45) is 54.4. The zero-order valence-corrected chi connectivity index (χ0v) is 34.9. The topological polar surface area (TPSA) is 69.6 Å². The summed E-state index contributed by atoms with van der Waals surface area (Å²) in [4.78, 5) is 12.4. The standard InChI is InChI=1S/C47H93NO3/c1-3-5-7-9-11-13-15-17-19-21-23-24-25-27-29-31-33-35-37-39-41-43-47(51)48-45(44-49)46(50)42-40-38-36-34-32-30-28-26-22-20-18-16-14-12-10-8-6-4-2/h24-25,45-46,49-50H,3-23,26-44H2,1-2H3,(H,48,51)/b25-24-. The van der Waals surface area contributed by atoms with Gasteiger partial charge in [0.2, 0.25) is 5.91 Å². The van der Waals surface area contributed by atoms with Crippen molar-refractivity contribution in [3.63, 3.8) is 0 Å². The molecule has 0 aromatic rings. The lowest BCUT2D eigenvalue weighted by molar-refractivity contribution is -0.123. The van der Waals surface area contributed by atoms with E-state index in [1.807, 2.05) is 0 Å². The van der Waals surface area contributed by atoms with Gasteiger partial charge in [0, 0.05) is 6.42 Å². The van der Waals surface area contributed by atoms with E-state index in [1.54, 1.807) is 0 Å². The van der Waals surface area contributed by atoms with Crippen molar-refractivity contribution in [3.05, 3.63) is 12.2 Å². The van der Waals surface area contributed by atoms with Gasteiger partial charge in [0.15, 0.2) is 0 Å². The second-order valence-electron chi connectivity index (χ2n) is 16.2. The molecule has 1 amide bonds. The Labute approximate surface area is 320 Å². The van der Waals surface area contributed by atoms with E-state index in [1.165, 1.54) is 212 Å². The van der Waals surface area contributed by atoms with Gasteiger partial charge in [0.1, 0.15) is 0 Å². The molecule has 2 atom stereocenters. The second kappa shape index (κ2) is 43.5. The minimum Gasteiger partial charge on any atom is -0.394 e. The largest absolute Gasteiger partial charge is 0.394 e. The maximum Gasteiger partial charge on any atom is 0.220 e. The molecule has 51 heavy (non-hydrogen) atoms. The molecule has 4 nitrogen and oxygen atoms in total. The van der Waals surface area contributed by atoms with Crippen LogP contribution < -0.4 is 5.32 Å². The number of carbonyl (C=O) groups excluding carboxylic acids is 1. The van der Waals surface area contributed by atoms with Crippen LogP contribution in [0.3, 0.4) is 0 Å². The van der Waals surface area contributed by atoms with Gasteiger partial charge in [-0.05, 0) is 38.5 Å². The molecule has 0 radical (unpaired) electrons. The highest BCUT2D eigenvalue weighted by Crippen LogP contribution is 2.16. The summed E-state index contributed by atoms with van der Waals surface area (Å²) in [5.74, 6) is -0.0319. The first-order chi connectivity index (χ1) is 25.2. The Morgan fingerprint density at radius 2 is 0.745 bits per heavy atom. The molecule has 0 aliphatic rings. The Bertz CT molecular complexity index is 695. The minimum absolute atomic E-state index is 0.0319. The van der Waals surface area contributed by atoms with E-state index in [-0.39, 0.29) is 12.5 Å². The number of carbonyl (C=O) groups is 1. The van der Waals surface area contributed by atoms with Crippen molar-refractivity contribution in [2.45, 2.75) is 276 Å². The van der Waals surface area contributed by atoms with Crippen LogP contribution in [0.25, 0.3) is 0 Å². The molecule has 2 unspecified atom stereocenters. The summed E-state index contributed by atoms with van der Waals surface area (Å²) < 4.78 is 0. The minimum atomic E-state index is -0.658. The van der Waals surface area contributed by atoms with E-state index in [2.05, 4.69) is 31.3 Å². The van der Waals surface area contributed by atoms with Gasteiger partial charge < -0.3 is 15.5 Å². The van der Waals surface area contributed by atoms with Crippen LogP contribution in [0.2, 0.25) is 0 Å². The molecule has 4 heteroatoms. The van der Waals surface area contributed by atoms with Gasteiger partial charge in [-0.15, -0.1) is 0 Å². The van der Waals surface area contributed by atoms with Crippen LogP contribution in [-0.2, 0) is 4.79 Å². The Balaban J connectivity index is 3.49. The van der Waals surface area contributed by atoms with Crippen molar-refractivity contribution in [2.75, 3.05) is 6.61 Å². The molecule has 0 fully saturated rings.